The Hall–Kier alpha value is -3.11. The molecular formula is C26H30F3N3O7S2. The number of alkyl halides is 3. The van der Waals surface area contributed by atoms with Gasteiger partial charge in [-0.1, -0.05) is 23.9 Å². The summed E-state index contributed by atoms with van der Waals surface area (Å²) in [6, 6.07) is 11.3. The number of fused-ring (bicyclic) bond motifs is 2. The molecule has 0 bridgehead atoms. The average Bonchev–Trinajstić information content (AvgIpc) is 2.92. The monoisotopic (exact) mass is 617 g/mol. The number of rotatable bonds is 9. The van der Waals surface area contributed by atoms with Gasteiger partial charge in [0, 0.05) is 61.2 Å². The number of hydrogen-bond acceptors (Lipinski definition) is 9. The fraction of sp³-hybridized carbons (Fsp3) is 0.385. The molecule has 41 heavy (non-hydrogen) atoms. The summed E-state index contributed by atoms with van der Waals surface area (Å²) in [5, 5.41) is 24.7. The minimum absolute atomic E-state index is 0.151. The number of carboxylic acid groups (broad SMARTS) is 2. The molecule has 10 nitrogen and oxygen atoms in total. The van der Waals surface area contributed by atoms with E-state index in [9.17, 15) is 31.2 Å². The van der Waals surface area contributed by atoms with Gasteiger partial charge in [-0.25, -0.2) is 18.0 Å². The second kappa shape index (κ2) is 14.2. The van der Waals surface area contributed by atoms with Crippen LogP contribution in [0, 0.1) is 0 Å². The summed E-state index contributed by atoms with van der Waals surface area (Å²) in [5.74, 6) is -2.51. The van der Waals surface area contributed by atoms with E-state index in [1.54, 1.807) is 0 Å². The number of β-amino-alcohol motifs (C(OH)–C–C–N with tert-alkyl or cyclic N) is 1. The number of para-hydroxylation sites is 1. The zero-order valence-corrected chi connectivity index (χ0v) is 23.5. The van der Waals surface area contributed by atoms with Gasteiger partial charge in [-0.05, 0) is 43.3 Å². The molecule has 0 radical (unpaired) electrons. The first-order valence-corrected chi connectivity index (χ1v) is 14.8. The number of benzene rings is 2. The first kappa shape index (κ1) is 32.4. The van der Waals surface area contributed by atoms with Crippen molar-refractivity contribution < 1.29 is 46.5 Å². The molecule has 3 N–H and O–H groups in total. The third kappa shape index (κ3) is 8.69. The van der Waals surface area contributed by atoms with Crippen LogP contribution < -0.4 is 4.90 Å². The number of aliphatic carboxylic acids is 2. The van der Waals surface area contributed by atoms with Crippen LogP contribution in [0.25, 0.3) is 0 Å². The van der Waals surface area contributed by atoms with Crippen molar-refractivity contribution in [1.29, 1.82) is 0 Å². The highest BCUT2D eigenvalue weighted by molar-refractivity contribution is 7.99. The molecule has 0 saturated carbocycles. The van der Waals surface area contributed by atoms with Crippen molar-refractivity contribution in [2.45, 2.75) is 26.6 Å². The van der Waals surface area contributed by atoms with Gasteiger partial charge in [-0.3, -0.25) is 4.90 Å². The number of carboxylic acids is 2. The highest BCUT2D eigenvalue weighted by Crippen LogP contribution is 2.49. The van der Waals surface area contributed by atoms with Crippen LogP contribution in [0.5, 0.6) is 0 Å². The molecule has 0 aromatic heterocycles. The van der Waals surface area contributed by atoms with E-state index in [0.29, 0.717) is 30.9 Å². The van der Waals surface area contributed by atoms with Crippen LogP contribution in [0.2, 0.25) is 0 Å². The maximum atomic E-state index is 13.1. The number of anilines is 2. The number of carbonyl (C=O) groups is 2. The van der Waals surface area contributed by atoms with Gasteiger partial charge < -0.3 is 25.1 Å². The quantitative estimate of drug-likeness (QED) is 0.357. The van der Waals surface area contributed by atoms with E-state index >= 15 is 0 Å². The van der Waals surface area contributed by atoms with Gasteiger partial charge in [-0.15, -0.1) is 0 Å². The van der Waals surface area contributed by atoms with Crippen molar-refractivity contribution in [2.24, 2.45) is 0 Å². The number of hydrogen-bond donors (Lipinski definition) is 3. The van der Waals surface area contributed by atoms with E-state index in [1.807, 2.05) is 29.2 Å². The van der Waals surface area contributed by atoms with Crippen molar-refractivity contribution >= 4 is 44.9 Å². The smallest absolute Gasteiger partial charge is 0.478 e. The Morgan fingerprint density at radius 2 is 1.41 bits per heavy atom. The Balaban J connectivity index is 0.000000507. The summed E-state index contributed by atoms with van der Waals surface area (Å²) < 4.78 is 63.4. The summed E-state index contributed by atoms with van der Waals surface area (Å²) in [6.07, 6.45) is 1.89. The van der Waals surface area contributed by atoms with E-state index in [1.165, 1.54) is 17.8 Å². The molecule has 2 aromatic carbocycles. The molecule has 15 heteroatoms. The number of nitrogens with zero attached hydrogens (tertiary/aromatic N) is 3. The van der Waals surface area contributed by atoms with Gasteiger partial charge in [0.25, 0.3) is 9.84 Å². The van der Waals surface area contributed by atoms with Crippen LogP contribution in [0.4, 0.5) is 24.5 Å². The fourth-order valence-electron chi connectivity index (χ4n) is 4.32. The largest absolute Gasteiger partial charge is 0.501 e. The summed E-state index contributed by atoms with van der Waals surface area (Å²) >= 11 is 1.43. The molecular weight excluding hydrogens is 587 g/mol. The SMILES string of the molecule is O=C(O)/C=C/C(=O)O.O=S(=O)(c1ccc2c(c1)N(CCCN1CCN(CCO)CC1)c1ccccc1S2)C(F)(F)F. The molecule has 4 rings (SSSR count). The zero-order valence-electron chi connectivity index (χ0n) is 21.8. The molecule has 2 heterocycles. The maximum Gasteiger partial charge on any atom is 0.501 e. The fourth-order valence-corrected chi connectivity index (χ4v) is 6.18. The summed E-state index contributed by atoms with van der Waals surface area (Å²) in [7, 11) is -5.42. The van der Waals surface area contributed by atoms with Crippen molar-refractivity contribution in [2.75, 3.05) is 57.3 Å². The maximum absolute atomic E-state index is 13.1. The number of piperazine rings is 1. The topological polar surface area (TPSA) is 139 Å². The lowest BCUT2D eigenvalue weighted by Crippen LogP contribution is -2.47. The predicted octanol–water partition coefficient (Wildman–Crippen LogP) is 3.29. The first-order chi connectivity index (χ1) is 19.3. The second-order valence-corrected chi connectivity index (χ2v) is 12.1. The second-order valence-electron chi connectivity index (χ2n) is 9.07. The Kier molecular flexibility index (Phi) is 11.2. The van der Waals surface area contributed by atoms with Crippen LogP contribution in [0.3, 0.4) is 0 Å². The van der Waals surface area contributed by atoms with Gasteiger partial charge >= 0.3 is 17.4 Å². The molecule has 2 aliphatic rings. The minimum Gasteiger partial charge on any atom is -0.478 e. The molecule has 2 aliphatic heterocycles. The summed E-state index contributed by atoms with van der Waals surface area (Å²) in [4.78, 5) is 26.6. The lowest BCUT2D eigenvalue weighted by Gasteiger charge is -2.36. The van der Waals surface area contributed by atoms with Gasteiger partial charge in [0.2, 0.25) is 0 Å². The third-order valence-corrected chi connectivity index (χ3v) is 8.93. The van der Waals surface area contributed by atoms with Crippen molar-refractivity contribution in [3.05, 3.63) is 54.6 Å². The lowest BCUT2D eigenvalue weighted by molar-refractivity contribution is -0.134. The van der Waals surface area contributed by atoms with Crippen LogP contribution in [0.15, 0.2) is 69.3 Å². The molecule has 0 spiro atoms. The molecule has 0 aliphatic carbocycles. The highest BCUT2D eigenvalue weighted by Gasteiger charge is 2.47. The van der Waals surface area contributed by atoms with Gasteiger partial charge in [0.05, 0.1) is 22.9 Å². The Morgan fingerprint density at radius 1 is 0.854 bits per heavy atom. The van der Waals surface area contributed by atoms with Crippen molar-refractivity contribution in [1.82, 2.24) is 9.80 Å². The summed E-state index contributed by atoms with van der Waals surface area (Å²) in [5.41, 5.74) is -4.00. The van der Waals surface area contributed by atoms with Gasteiger partial charge in [0.15, 0.2) is 0 Å². The normalized spacial score (nSPS) is 16.0. The minimum atomic E-state index is -5.42. The number of aliphatic hydroxyl groups is 1. The van der Waals surface area contributed by atoms with Crippen LogP contribution in [0.1, 0.15) is 6.42 Å². The van der Waals surface area contributed by atoms with Crippen LogP contribution in [-0.2, 0) is 19.4 Å². The van der Waals surface area contributed by atoms with E-state index in [-0.39, 0.29) is 6.61 Å². The molecule has 0 unspecified atom stereocenters. The van der Waals surface area contributed by atoms with E-state index in [0.717, 1.165) is 66.8 Å². The van der Waals surface area contributed by atoms with Gasteiger partial charge in [-0.2, -0.15) is 13.2 Å². The first-order valence-electron chi connectivity index (χ1n) is 12.5. The van der Waals surface area contributed by atoms with E-state index < -0.39 is 32.2 Å². The van der Waals surface area contributed by atoms with Crippen LogP contribution in [-0.4, -0.2) is 103 Å². The highest BCUT2D eigenvalue weighted by atomic mass is 32.2. The number of sulfone groups is 1. The molecule has 1 saturated heterocycles. The number of aliphatic hydroxyl groups excluding tert-OH is 1. The Labute approximate surface area is 239 Å². The zero-order chi connectivity index (χ0) is 30.2. The summed E-state index contributed by atoms with van der Waals surface area (Å²) in [6.45, 7) is 5.80. The van der Waals surface area contributed by atoms with Crippen LogP contribution >= 0.6 is 11.8 Å². The van der Waals surface area contributed by atoms with E-state index in [2.05, 4.69) is 9.80 Å². The van der Waals surface area contributed by atoms with Gasteiger partial charge in [0.1, 0.15) is 0 Å². The standard InChI is InChI=1S/C22H26F3N3O3S2.C4H4O4/c23-22(24,25)33(30,31)17-6-7-21-19(16-17)28(18-4-1-2-5-20(18)32-21)9-3-8-26-10-12-27(13-11-26)14-15-29;5-3(6)1-2-4(7)8/h1-2,4-7,16,29H,3,8-15H2;1-2H,(H,5,6)(H,7,8)/b;2-1+. The van der Waals surface area contributed by atoms with Crippen molar-refractivity contribution in [3.63, 3.8) is 0 Å². The molecule has 0 atom stereocenters. The third-order valence-electron chi connectivity index (χ3n) is 6.32. The Morgan fingerprint density at radius 3 is 1.98 bits per heavy atom. The molecule has 224 valence electrons. The molecule has 1 fully saturated rings. The van der Waals surface area contributed by atoms with Crippen molar-refractivity contribution in [3.8, 4) is 0 Å². The Bertz CT molecular complexity index is 1350. The lowest BCUT2D eigenvalue weighted by atomic mass is 10.2. The van der Waals surface area contributed by atoms with E-state index in [4.69, 9.17) is 15.3 Å². The predicted molar refractivity (Wildman–Crippen MR) is 146 cm³/mol. The average molecular weight is 618 g/mol. The molecule has 2 aromatic rings. The molecule has 0 amide bonds. The number of halogens is 3.